The molecule has 1 saturated carbocycles. The van der Waals surface area contributed by atoms with Crippen LogP contribution in [0, 0.1) is 5.92 Å². The Bertz CT molecular complexity index is 372. The molecule has 1 amide bonds. The zero-order chi connectivity index (χ0) is 15.5. The molecule has 1 saturated heterocycles. The van der Waals surface area contributed by atoms with Gasteiger partial charge in [-0.15, -0.1) is 6.58 Å². The van der Waals surface area contributed by atoms with Crippen molar-refractivity contribution >= 4 is 6.09 Å². The molecule has 21 heavy (non-hydrogen) atoms. The van der Waals surface area contributed by atoms with Crippen molar-refractivity contribution in [1.82, 2.24) is 5.32 Å². The summed E-state index contributed by atoms with van der Waals surface area (Å²) in [5, 5.41) is 2.91. The summed E-state index contributed by atoms with van der Waals surface area (Å²) in [6, 6.07) is -0.0707. The van der Waals surface area contributed by atoms with Crippen molar-refractivity contribution in [3.05, 3.63) is 12.7 Å². The van der Waals surface area contributed by atoms with E-state index in [1.165, 1.54) is 0 Å². The first-order chi connectivity index (χ1) is 9.84. The molecule has 120 valence electrons. The van der Waals surface area contributed by atoms with E-state index >= 15 is 0 Å². The van der Waals surface area contributed by atoms with Gasteiger partial charge < -0.3 is 19.5 Å². The van der Waals surface area contributed by atoms with E-state index in [0.717, 1.165) is 25.7 Å². The molecule has 0 bridgehead atoms. The first-order valence-corrected chi connectivity index (χ1v) is 7.74. The Balaban J connectivity index is 1.85. The highest BCUT2D eigenvalue weighted by molar-refractivity contribution is 5.68. The maximum atomic E-state index is 11.9. The topological polar surface area (TPSA) is 56.8 Å². The van der Waals surface area contributed by atoms with Gasteiger partial charge in [-0.05, 0) is 39.5 Å². The summed E-state index contributed by atoms with van der Waals surface area (Å²) in [7, 11) is 0. The molecule has 2 fully saturated rings. The van der Waals surface area contributed by atoms with Gasteiger partial charge in [0.05, 0.1) is 19.3 Å². The molecule has 2 aliphatic rings. The highest BCUT2D eigenvalue weighted by atomic mass is 16.7. The molecule has 0 aromatic heterocycles. The molecule has 1 unspecified atom stereocenters. The Morgan fingerprint density at radius 2 is 1.90 bits per heavy atom. The summed E-state index contributed by atoms with van der Waals surface area (Å²) < 4.78 is 16.8. The predicted molar refractivity (Wildman–Crippen MR) is 79.9 cm³/mol. The van der Waals surface area contributed by atoms with E-state index < -0.39 is 5.60 Å². The van der Waals surface area contributed by atoms with E-state index in [9.17, 15) is 4.79 Å². The van der Waals surface area contributed by atoms with Crippen molar-refractivity contribution < 1.29 is 19.0 Å². The molecule has 5 heteroatoms. The SMILES string of the molecule is C=CC(NC(=O)OC(C)(C)C)C1CCC2(CC1)OCCO2. The van der Waals surface area contributed by atoms with Crippen molar-refractivity contribution in [2.75, 3.05) is 13.2 Å². The fraction of sp³-hybridized carbons (Fsp3) is 0.812. The third-order valence-corrected chi connectivity index (χ3v) is 4.05. The Kier molecular flexibility index (Phi) is 4.94. The Hall–Kier alpha value is -1.07. The summed E-state index contributed by atoms with van der Waals surface area (Å²) >= 11 is 0. The van der Waals surface area contributed by atoms with Crippen LogP contribution in [0.3, 0.4) is 0 Å². The van der Waals surface area contributed by atoms with Crippen LogP contribution in [0.15, 0.2) is 12.7 Å². The average molecular weight is 297 g/mol. The number of amides is 1. The zero-order valence-electron chi connectivity index (χ0n) is 13.3. The minimum Gasteiger partial charge on any atom is -0.444 e. The molecular formula is C16H27NO4. The second-order valence-electron chi connectivity index (χ2n) is 6.85. The first kappa shape index (κ1) is 16.3. The Morgan fingerprint density at radius 1 is 1.33 bits per heavy atom. The molecule has 2 rings (SSSR count). The summed E-state index contributed by atoms with van der Waals surface area (Å²) in [6.45, 7) is 10.8. The molecule has 1 heterocycles. The summed E-state index contributed by atoms with van der Waals surface area (Å²) in [5.74, 6) is -0.0119. The van der Waals surface area contributed by atoms with Crippen molar-refractivity contribution in [3.8, 4) is 0 Å². The van der Waals surface area contributed by atoms with E-state index in [2.05, 4.69) is 11.9 Å². The van der Waals surface area contributed by atoms with Gasteiger partial charge in [0.15, 0.2) is 5.79 Å². The minimum absolute atomic E-state index is 0.0707. The molecule has 1 aliphatic carbocycles. The van der Waals surface area contributed by atoms with Gasteiger partial charge in [-0.25, -0.2) is 4.79 Å². The van der Waals surface area contributed by atoms with Crippen LogP contribution >= 0.6 is 0 Å². The highest BCUT2D eigenvalue weighted by Gasteiger charge is 2.41. The second-order valence-corrected chi connectivity index (χ2v) is 6.85. The van der Waals surface area contributed by atoms with Crippen LogP contribution in [0.25, 0.3) is 0 Å². The van der Waals surface area contributed by atoms with Crippen molar-refractivity contribution in [2.45, 2.75) is 63.9 Å². The maximum absolute atomic E-state index is 11.9. The number of carbonyl (C=O) groups excluding carboxylic acids is 1. The molecule has 1 N–H and O–H groups in total. The lowest BCUT2D eigenvalue weighted by atomic mass is 9.81. The quantitative estimate of drug-likeness (QED) is 0.814. The zero-order valence-corrected chi connectivity index (χ0v) is 13.3. The van der Waals surface area contributed by atoms with Crippen LogP contribution < -0.4 is 5.32 Å². The lowest BCUT2D eigenvalue weighted by Gasteiger charge is -2.38. The lowest BCUT2D eigenvalue weighted by molar-refractivity contribution is -0.183. The normalized spacial score (nSPS) is 23.8. The number of hydrogen-bond donors (Lipinski definition) is 1. The maximum Gasteiger partial charge on any atom is 0.408 e. The molecule has 0 radical (unpaired) electrons. The molecular weight excluding hydrogens is 270 g/mol. The van der Waals surface area contributed by atoms with Crippen molar-refractivity contribution in [2.24, 2.45) is 5.92 Å². The van der Waals surface area contributed by atoms with Gasteiger partial charge in [0.1, 0.15) is 5.60 Å². The van der Waals surface area contributed by atoms with Crippen LogP contribution in [0.1, 0.15) is 46.5 Å². The van der Waals surface area contributed by atoms with Crippen molar-refractivity contribution in [3.63, 3.8) is 0 Å². The number of carbonyl (C=O) groups is 1. The summed E-state index contributed by atoms with van der Waals surface area (Å²) in [4.78, 5) is 11.9. The largest absolute Gasteiger partial charge is 0.444 e. The van der Waals surface area contributed by atoms with Gasteiger partial charge in [-0.3, -0.25) is 0 Å². The first-order valence-electron chi connectivity index (χ1n) is 7.74. The number of ether oxygens (including phenoxy) is 3. The predicted octanol–water partition coefficient (Wildman–Crippen LogP) is 3.00. The van der Waals surface area contributed by atoms with Crippen LogP contribution in [-0.2, 0) is 14.2 Å². The van der Waals surface area contributed by atoms with E-state index in [1.807, 2.05) is 20.8 Å². The third kappa shape index (κ3) is 4.45. The van der Waals surface area contributed by atoms with E-state index in [1.54, 1.807) is 6.08 Å². The van der Waals surface area contributed by atoms with Gasteiger partial charge in [0.25, 0.3) is 0 Å². The second kappa shape index (κ2) is 6.36. The molecule has 0 aromatic carbocycles. The number of nitrogens with one attached hydrogen (secondary N) is 1. The standard InChI is InChI=1S/C16H27NO4/c1-5-13(17-14(18)21-15(2,3)4)12-6-8-16(9-7-12)19-10-11-20-16/h5,12-13H,1,6-11H2,2-4H3,(H,17,18). The van der Waals surface area contributed by atoms with E-state index in [4.69, 9.17) is 14.2 Å². The molecule has 1 atom stereocenters. The summed E-state index contributed by atoms with van der Waals surface area (Å²) in [6.07, 6.45) is 5.05. The smallest absolute Gasteiger partial charge is 0.408 e. The Morgan fingerprint density at radius 3 is 2.38 bits per heavy atom. The van der Waals surface area contributed by atoms with E-state index in [0.29, 0.717) is 19.1 Å². The Labute approximate surface area is 127 Å². The van der Waals surface area contributed by atoms with Crippen LogP contribution in [0.4, 0.5) is 4.79 Å². The third-order valence-electron chi connectivity index (χ3n) is 4.05. The van der Waals surface area contributed by atoms with Crippen molar-refractivity contribution in [1.29, 1.82) is 0 Å². The molecule has 0 aromatic rings. The highest BCUT2D eigenvalue weighted by Crippen LogP contribution is 2.39. The van der Waals surface area contributed by atoms with Gasteiger partial charge in [-0.1, -0.05) is 6.08 Å². The van der Waals surface area contributed by atoms with Crippen LogP contribution in [0.2, 0.25) is 0 Å². The molecule has 1 spiro atoms. The summed E-state index contributed by atoms with van der Waals surface area (Å²) in [5.41, 5.74) is -0.488. The number of hydrogen-bond acceptors (Lipinski definition) is 4. The molecule has 5 nitrogen and oxygen atoms in total. The lowest BCUT2D eigenvalue weighted by Crippen LogP contribution is -2.45. The van der Waals surface area contributed by atoms with Gasteiger partial charge in [-0.2, -0.15) is 0 Å². The monoisotopic (exact) mass is 297 g/mol. The fourth-order valence-electron chi connectivity index (χ4n) is 3.04. The van der Waals surface area contributed by atoms with Gasteiger partial charge in [0, 0.05) is 12.8 Å². The van der Waals surface area contributed by atoms with Crippen LogP contribution in [0.5, 0.6) is 0 Å². The van der Waals surface area contributed by atoms with Gasteiger partial charge in [0.2, 0.25) is 0 Å². The average Bonchev–Trinajstić information content (AvgIpc) is 2.83. The van der Waals surface area contributed by atoms with Gasteiger partial charge >= 0.3 is 6.09 Å². The molecule has 1 aliphatic heterocycles. The minimum atomic E-state index is -0.488. The fourth-order valence-corrected chi connectivity index (χ4v) is 3.04. The number of rotatable bonds is 3. The van der Waals surface area contributed by atoms with E-state index in [-0.39, 0.29) is 17.9 Å². The van der Waals surface area contributed by atoms with Crippen LogP contribution in [-0.4, -0.2) is 36.7 Å². The number of alkyl carbamates (subject to hydrolysis) is 1.